The fraction of sp³-hybridized carbons (Fsp3) is 0.222. The summed E-state index contributed by atoms with van der Waals surface area (Å²) in [7, 11) is 0. The molecule has 1 heterocycles. The van der Waals surface area contributed by atoms with E-state index in [-0.39, 0.29) is 6.10 Å². The fourth-order valence-corrected chi connectivity index (χ4v) is 0.759. The van der Waals surface area contributed by atoms with Crippen molar-refractivity contribution in [1.29, 1.82) is 0 Å². The molecule has 0 aliphatic carbocycles. The Kier molecular flexibility index (Phi) is 2.95. The molecule has 62 valence electrons. The van der Waals surface area contributed by atoms with Gasteiger partial charge in [0.1, 0.15) is 0 Å². The number of hydrogen-bond donors (Lipinski definition) is 0. The van der Waals surface area contributed by atoms with E-state index in [0.29, 0.717) is 10.9 Å². The first-order chi connectivity index (χ1) is 5.72. The third-order valence-electron chi connectivity index (χ3n) is 1.23. The molecular weight excluding hydrogens is 174 g/mol. The summed E-state index contributed by atoms with van der Waals surface area (Å²) in [4.78, 5) is 3.92. The molecule has 1 aromatic rings. The van der Waals surface area contributed by atoms with Gasteiger partial charge < -0.3 is 4.74 Å². The Bertz CT molecular complexity index is 288. The highest BCUT2D eigenvalue weighted by Gasteiger charge is 1.99. The molecule has 0 fully saturated rings. The summed E-state index contributed by atoms with van der Waals surface area (Å²) >= 11 is 5.62. The van der Waals surface area contributed by atoms with Crippen molar-refractivity contribution in [2.45, 2.75) is 13.0 Å². The molecule has 1 atom stereocenters. The van der Waals surface area contributed by atoms with Gasteiger partial charge in [-0.05, 0) is 13.0 Å². The molecule has 0 aromatic carbocycles. The molecule has 0 saturated carbocycles. The van der Waals surface area contributed by atoms with Gasteiger partial charge in [0.25, 0.3) is 0 Å². The molecule has 0 saturated heterocycles. The van der Waals surface area contributed by atoms with Crippen LogP contribution in [0.15, 0.2) is 18.3 Å². The van der Waals surface area contributed by atoms with E-state index in [9.17, 15) is 0 Å². The largest absolute Gasteiger partial charge is 0.461 e. The normalized spacial score (nSPS) is 11.8. The average Bonchev–Trinajstić information content (AvgIpc) is 2.09. The molecule has 2 nitrogen and oxygen atoms in total. The van der Waals surface area contributed by atoms with Crippen molar-refractivity contribution in [2.75, 3.05) is 0 Å². The van der Waals surface area contributed by atoms with Crippen LogP contribution in [-0.2, 0) is 0 Å². The third-order valence-corrected chi connectivity index (χ3v) is 1.46. The number of ether oxygens (including phenoxy) is 1. The monoisotopic (exact) mass is 181 g/mol. The van der Waals surface area contributed by atoms with Gasteiger partial charge in [0.05, 0.1) is 5.02 Å². The number of rotatable bonds is 2. The number of terminal acetylenes is 1. The van der Waals surface area contributed by atoms with E-state index in [1.165, 1.54) is 6.20 Å². The lowest BCUT2D eigenvalue weighted by atomic mass is 10.4. The molecule has 0 aliphatic rings. The molecule has 12 heavy (non-hydrogen) atoms. The highest BCUT2D eigenvalue weighted by Crippen LogP contribution is 2.12. The van der Waals surface area contributed by atoms with Gasteiger partial charge in [-0.25, -0.2) is 4.98 Å². The minimum absolute atomic E-state index is 0.265. The van der Waals surface area contributed by atoms with Crippen molar-refractivity contribution in [3.8, 4) is 18.2 Å². The van der Waals surface area contributed by atoms with Gasteiger partial charge in [0, 0.05) is 12.3 Å². The quantitative estimate of drug-likeness (QED) is 0.653. The first-order valence-corrected chi connectivity index (χ1v) is 3.84. The van der Waals surface area contributed by atoms with Crippen LogP contribution in [0.4, 0.5) is 0 Å². The molecule has 0 N–H and O–H groups in total. The van der Waals surface area contributed by atoms with Crippen molar-refractivity contribution < 1.29 is 4.74 Å². The Morgan fingerprint density at radius 3 is 2.92 bits per heavy atom. The van der Waals surface area contributed by atoms with Crippen molar-refractivity contribution in [2.24, 2.45) is 0 Å². The summed E-state index contributed by atoms with van der Waals surface area (Å²) in [5.41, 5.74) is 0. The van der Waals surface area contributed by atoms with Crippen LogP contribution in [0, 0.1) is 12.3 Å². The molecule has 0 spiro atoms. The Labute approximate surface area is 76.5 Å². The first-order valence-electron chi connectivity index (χ1n) is 3.46. The maximum Gasteiger partial charge on any atom is 0.214 e. The molecule has 1 unspecified atom stereocenters. The van der Waals surface area contributed by atoms with E-state index in [4.69, 9.17) is 22.8 Å². The van der Waals surface area contributed by atoms with Crippen molar-refractivity contribution in [3.05, 3.63) is 23.4 Å². The van der Waals surface area contributed by atoms with Crippen LogP contribution in [-0.4, -0.2) is 11.1 Å². The predicted octanol–water partition coefficient (Wildman–Crippen LogP) is 2.14. The van der Waals surface area contributed by atoms with E-state index in [1.54, 1.807) is 19.1 Å². The highest BCUT2D eigenvalue weighted by molar-refractivity contribution is 6.30. The summed E-state index contributed by atoms with van der Waals surface area (Å²) in [6.07, 6.45) is 6.37. The van der Waals surface area contributed by atoms with Crippen LogP contribution >= 0.6 is 11.6 Å². The van der Waals surface area contributed by atoms with Crippen molar-refractivity contribution in [1.82, 2.24) is 4.98 Å². The molecule has 1 rings (SSSR count). The van der Waals surface area contributed by atoms with Gasteiger partial charge in [0.2, 0.25) is 5.88 Å². The molecule has 0 bridgehead atoms. The Morgan fingerprint density at radius 2 is 2.42 bits per heavy atom. The Balaban J connectivity index is 2.66. The van der Waals surface area contributed by atoms with E-state index in [2.05, 4.69) is 10.9 Å². The van der Waals surface area contributed by atoms with Crippen LogP contribution in [0.3, 0.4) is 0 Å². The number of hydrogen-bond acceptors (Lipinski definition) is 2. The van der Waals surface area contributed by atoms with Crippen molar-refractivity contribution >= 4 is 11.6 Å². The van der Waals surface area contributed by atoms with Crippen LogP contribution < -0.4 is 4.74 Å². The minimum Gasteiger partial charge on any atom is -0.461 e. The van der Waals surface area contributed by atoms with Crippen molar-refractivity contribution in [3.63, 3.8) is 0 Å². The lowest BCUT2D eigenvalue weighted by molar-refractivity contribution is 0.268. The first kappa shape index (κ1) is 8.89. The molecule has 0 amide bonds. The average molecular weight is 182 g/mol. The number of nitrogens with zero attached hydrogens (tertiary/aromatic N) is 1. The second kappa shape index (κ2) is 3.99. The lowest BCUT2D eigenvalue weighted by Crippen LogP contribution is -2.08. The van der Waals surface area contributed by atoms with Gasteiger partial charge in [-0.1, -0.05) is 17.5 Å². The molecule has 0 radical (unpaired) electrons. The second-order valence-electron chi connectivity index (χ2n) is 2.24. The summed E-state index contributed by atoms with van der Waals surface area (Å²) in [6.45, 7) is 1.77. The van der Waals surface area contributed by atoms with Crippen LogP contribution in [0.2, 0.25) is 5.02 Å². The van der Waals surface area contributed by atoms with E-state index >= 15 is 0 Å². The Morgan fingerprint density at radius 1 is 1.67 bits per heavy atom. The lowest BCUT2D eigenvalue weighted by Gasteiger charge is -2.06. The number of pyridine rings is 1. The summed E-state index contributed by atoms with van der Waals surface area (Å²) in [5, 5.41) is 0.579. The summed E-state index contributed by atoms with van der Waals surface area (Å²) < 4.78 is 5.21. The highest BCUT2D eigenvalue weighted by atomic mass is 35.5. The second-order valence-corrected chi connectivity index (χ2v) is 2.68. The molecule has 1 aromatic heterocycles. The maximum absolute atomic E-state index is 5.62. The molecule has 0 aliphatic heterocycles. The summed E-state index contributed by atoms with van der Waals surface area (Å²) in [5.74, 6) is 2.92. The van der Waals surface area contributed by atoms with Gasteiger partial charge in [0.15, 0.2) is 6.10 Å². The minimum atomic E-state index is -0.265. The van der Waals surface area contributed by atoms with Gasteiger partial charge in [-0.3, -0.25) is 0 Å². The zero-order valence-corrected chi connectivity index (χ0v) is 7.38. The van der Waals surface area contributed by atoms with Crippen LogP contribution in [0.1, 0.15) is 6.92 Å². The molecule has 3 heteroatoms. The van der Waals surface area contributed by atoms with Gasteiger partial charge in [-0.2, -0.15) is 0 Å². The SMILES string of the molecule is C#CC(C)Oc1ccc(Cl)cn1. The van der Waals surface area contributed by atoms with Crippen LogP contribution in [0.5, 0.6) is 5.88 Å². The standard InChI is InChI=1S/C9H8ClNO/c1-3-7(2)12-9-5-4-8(10)6-11-9/h1,4-7H,2H3. The number of aromatic nitrogens is 1. The van der Waals surface area contributed by atoms with E-state index in [0.717, 1.165) is 0 Å². The topological polar surface area (TPSA) is 22.1 Å². The van der Waals surface area contributed by atoms with Gasteiger partial charge >= 0.3 is 0 Å². The smallest absolute Gasteiger partial charge is 0.214 e. The van der Waals surface area contributed by atoms with E-state index < -0.39 is 0 Å². The van der Waals surface area contributed by atoms with Gasteiger partial charge in [-0.15, -0.1) is 6.42 Å². The zero-order valence-electron chi connectivity index (χ0n) is 6.62. The fourth-order valence-electron chi connectivity index (χ4n) is 0.647. The maximum atomic E-state index is 5.62. The van der Waals surface area contributed by atoms with Crippen LogP contribution in [0.25, 0.3) is 0 Å². The predicted molar refractivity (Wildman–Crippen MR) is 48.2 cm³/mol. The summed E-state index contributed by atoms with van der Waals surface area (Å²) in [6, 6.07) is 3.38. The van der Waals surface area contributed by atoms with E-state index in [1.807, 2.05) is 0 Å². The number of halogens is 1. The Hall–Kier alpha value is -1.20. The zero-order chi connectivity index (χ0) is 8.97. The molecular formula is C9H8ClNO. The third kappa shape index (κ3) is 2.44.